The maximum absolute atomic E-state index is 12.2. The first-order valence-electron chi connectivity index (χ1n) is 7.51. The summed E-state index contributed by atoms with van der Waals surface area (Å²) in [5, 5.41) is 16.0. The number of hydrogen-bond acceptors (Lipinski definition) is 6. The van der Waals surface area contributed by atoms with Gasteiger partial charge in [-0.3, -0.25) is 20.2 Å². The van der Waals surface area contributed by atoms with Crippen LogP contribution in [0.5, 0.6) is 0 Å². The van der Waals surface area contributed by atoms with Crippen molar-refractivity contribution in [1.82, 2.24) is 9.62 Å². The van der Waals surface area contributed by atoms with E-state index in [4.69, 9.17) is 12.2 Å². The second-order valence-electron chi connectivity index (χ2n) is 5.49. The van der Waals surface area contributed by atoms with Crippen molar-refractivity contribution in [1.29, 1.82) is 0 Å². The lowest BCUT2D eigenvalue weighted by molar-refractivity contribution is -0.385. The molecule has 0 radical (unpaired) electrons. The number of carbonyl (C=O) groups is 1. The number of carbonyl (C=O) groups excluding carboxylic acids is 1. The Balaban J connectivity index is 2.08. The van der Waals surface area contributed by atoms with Gasteiger partial charge in [0.1, 0.15) is 5.56 Å². The van der Waals surface area contributed by atoms with Crippen LogP contribution in [0.15, 0.2) is 53.4 Å². The van der Waals surface area contributed by atoms with E-state index < -0.39 is 20.9 Å². The van der Waals surface area contributed by atoms with Crippen LogP contribution in [0.4, 0.5) is 11.4 Å². The number of hydrogen-bond donors (Lipinski definition) is 2. The summed E-state index contributed by atoms with van der Waals surface area (Å²) >= 11 is 5.03. The zero-order valence-electron chi connectivity index (χ0n) is 14.4. The summed E-state index contributed by atoms with van der Waals surface area (Å²) in [6, 6.07) is 11.2. The average molecular weight is 408 g/mol. The van der Waals surface area contributed by atoms with Crippen molar-refractivity contribution in [2.45, 2.75) is 4.90 Å². The van der Waals surface area contributed by atoms with Gasteiger partial charge in [-0.2, -0.15) is 0 Å². The van der Waals surface area contributed by atoms with Crippen molar-refractivity contribution < 1.29 is 18.1 Å². The third-order valence-corrected chi connectivity index (χ3v) is 5.50. The Bertz CT molecular complexity index is 988. The number of sulfonamides is 1. The normalized spacial score (nSPS) is 11.1. The zero-order valence-corrected chi connectivity index (χ0v) is 16.0. The number of nitrogens with zero attached hydrogens (tertiary/aromatic N) is 2. The topological polar surface area (TPSA) is 122 Å². The summed E-state index contributed by atoms with van der Waals surface area (Å²) in [7, 11) is -0.700. The van der Waals surface area contributed by atoms with Crippen LogP contribution >= 0.6 is 12.2 Å². The molecule has 0 bridgehead atoms. The molecule has 0 aliphatic carbocycles. The number of amides is 1. The van der Waals surface area contributed by atoms with E-state index in [-0.39, 0.29) is 21.3 Å². The van der Waals surface area contributed by atoms with Crippen molar-refractivity contribution >= 4 is 44.6 Å². The Morgan fingerprint density at radius 1 is 1.11 bits per heavy atom. The Morgan fingerprint density at radius 3 is 2.26 bits per heavy atom. The Kier molecular flexibility index (Phi) is 6.20. The van der Waals surface area contributed by atoms with Crippen LogP contribution in [0.25, 0.3) is 0 Å². The minimum atomic E-state index is -3.55. The summed E-state index contributed by atoms with van der Waals surface area (Å²) < 4.78 is 25.1. The van der Waals surface area contributed by atoms with Gasteiger partial charge in [0.15, 0.2) is 5.11 Å². The van der Waals surface area contributed by atoms with E-state index in [1.165, 1.54) is 62.6 Å². The van der Waals surface area contributed by atoms with Gasteiger partial charge in [-0.25, -0.2) is 12.7 Å². The van der Waals surface area contributed by atoms with E-state index in [2.05, 4.69) is 10.6 Å². The molecule has 0 aromatic heterocycles. The predicted molar refractivity (Wildman–Crippen MR) is 104 cm³/mol. The first kappa shape index (κ1) is 20.4. The van der Waals surface area contributed by atoms with Crippen molar-refractivity contribution in [3.63, 3.8) is 0 Å². The van der Waals surface area contributed by atoms with Gasteiger partial charge in [0.25, 0.3) is 11.6 Å². The molecular weight excluding hydrogens is 392 g/mol. The van der Waals surface area contributed by atoms with E-state index in [0.717, 1.165) is 4.31 Å². The highest BCUT2D eigenvalue weighted by Gasteiger charge is 2.20. The standard InChI is InChI=1S/C16H16N4O5S2/c1-19(2)27(24,25)12-9-7-11(8-10-12)17-16(26)18-15(21)13-5-3-4-6-14(13)20(22)23/h3-10H,1-2H3,(H2,17,18,21,26). The lowest BCUT2D eigenvalue weighted by Gasteiger charge is -2.13. The molecule has 2 aromatic rings. The molecule has 2 aromatic carbocycles. The van der Waals surface area contributed by atoms with Gasteiger partial charge >= 0.3 is 0 Å². The maximum Gasteiger partial charge on any atom is 0.282 e. The van der Waals surface area contributed by atoms with Crippen LogP contribution in [0.3, 0.4) is 0 Å². The van der Waals surface area contributed by atoms with E-state index in [9.17, 15) is 23.3 Å². The Labute approximate surface area is 161 Å². The number of nitro groups is 1. The highest BCUT2D eigenvalue weighted by atomic mass is 32.2. The fraction of sp³-hybridized carbons (Fsp3) is 0.125. The minimum Gasteiger partial charge on any atom is -0.332 e. The van der Waals surface area contributed by atoms with Gasteiger partial charge in [-0.05, 0) is 42.5 Å². The van der Waals surface area contributed by atoms with Crippen LogP contribution in [0, 0.1) is 10.1 Å². The van der Waals surface area contributed by atoms with Crippen LogP contribution < -0.4 is 10.6 Å². The van der Waals surface area contributed by atoms with Gasteiger partial charge in [-0.1, -0.05) is 12.1 Å². The van der Waals surface area contributed by atoms with Gasteiger partial charge < -0.3 is 5.32 Å². The second-order valence-corrected chi connectivity index (χ2v) is 8.05. The summed E-state index contributed by atoms with van der Waals surface area (Å²) in [5.41, 5.74) is -0.0179. The number of nitro benzene ring substituents is 1. The highest BCUT2D eigenvalue weighted by molar-refractivity contribution is 7.89. The molecule has 0 saturated heterocycles. The van der Waals surface area contributed by atoms with Gasteiger partial charge in [-0.15, -0.1) is 0 Å². The minimum absolute atomic E-state index is 0.0821. The van der Waals surface area contributed by atoms with E-state index in [0.29, 0.717) is 5.69 Å². The number of para-hydroxylation sites is 1. The highest BCUT2D eigenvalue weighted by Crippen LogP contribution is 2.18. The summed E-state index contributed by atoms with van der Waals surface area (Å²) in [6.07, 6.45) is 0. The number of rotatable bonds is 5. The Morgan fingerprint density at radius 2 is 1.70 bits per heavy atom. The van der Waals surface area contributed by atoms with Gasteiger partial charge in [0.2, 0.25) is 10.0 Å². The number of nitrogens with one attached hydrogen (secondary N) is 2. The first-order valence-corrected chi connectivity index (χ1v) is 9.36. The largest absolute Gasteiger partial charge is 0.332 e. The maximum atomic E-state index is 12.2. The van der Waals surface area contributed by atoms with Crippen molar-refractivity contribution in [3.05, 3.63) is 64.2 Å². The molecule has 0 atom stereocenters. The molecule has 0 saturated carbocycles. The van der Waals surface area contributed by atoms with Crippen LogP contribution in [0.1, 0.15) is 10.4 Å². The Hall–Kier alpha value is -2.89. The predicted octanol–water partition coefficient (Wildman–Crippen LogP) is 1.97. The van der Waals surface area contributed by atoms with Gasteiger partial charge in [0, 0.05) is 25.8 Å². The fourth-order valence-electron chi connectivity index (χ4n) is 2.08. The molecule has 27 heavy (non-hydrogen) atoms. The monoisotopic (exact) mass is 408 g/mol. The van der Waals surface area contributed by atoms with Crippen molar-refractivity contribution in [2.75, 3.05) is 19.4 Å². The molecule has 0 heterocycles. The summed E-state index contributed by atoms with van der Waals surface area (Å²) in [6.45, 7) is 0. The van der Waals surface area contributed by atoms with Gasteiger partial charge in [0.05, 0.1) is 9.82 Å². The molecule has 0 aliphatic rings. The zero-order chi connectivity index (χ0) is 20.2. The second kappa shape index (κ2) is 8.20. The van der Waals surface area contributed by atoms with Crippen molar-refractivity contribution in [2.24, 2.45) is 0 Å². The quantitative estimate of drug-likeness (QED) is 0.441. The lowest BCUT2D eigenvalue weighted by Crippen LogP contribution is -2.34. The number of anilines is 1. The third-order valence-electron chi connectivity index (χ3n) is 3.46. The molecule has 2 rings (SSSR count). The summed E-state index contributed by atoms with van der Waals surface area (Å²) in [4.78, 5) is 22.6. The molecule has 11 heteroatoms. The van der Waals surface area contributed by atoms with Crippen LogP contribution in [-0.2, 0) is 10.0 Å². The van der Waals surface area contributed by atoms with E-state index in [1.54, 1.807) is 0 Å². The molecule has 0 fully saturated rings. The molecule has 0 aliphatic heterocycles. The fourth-order valence-corrected chi connectivity index (χ4v) is 3.19. The van der Waals surface area contributed by atoms with Crippen LogP contribution in [0.2, 0.25) is 0 Å². The molecule has 0 spiro atoms. The first-order chi connectivity index (χ1) is 12.6. The SMILES string of the molecule is CN(C)S(=O)(=O)c1ccc(NC(=S)NC(=O)c2ccccc2[N+](=O)[O-])cc1. The van der Waals surface area contributed by atoms with E-state index >= 15 is 0 Å². The van der Waals surface area contributed by atoms with Crippen LogP contribution in [-0.4, -0.2) is 42.8 Å². The molecule has 2 N–H and O–H groups in total. The molecule has 142 valence electrons. The van der Waals surface area contributed by atoms with E-state index in [1.807, 2.05) is 0 Å². The lowest BCUT2D eigenvalue weighted by atomic mass is 10.1. The number of benzene rings is 2. The molecular formula is C16H16N4O5S2. The van der Waals surface area contributed by atoms with Crippen molar-refractivity contribution in [3.8, 4) is 0 Å². The molecule has 9 nitrogen and oxygen atoms in total. The molecule has 1 amide bonds. The third kappa shape index (κ3) is 4.84. The average Bonchev–Trinajstić information content (AvgIpc) is 2.61. The smallest absolute Gasteiger partial charge is 0.282 e. The molecule has 0 unspecified atom stereocenters. The summed E-state index contributed by atoms with van der Waals surface area (Å²) in [5.74, 6) is -0.730. The number of thiocarbonyl (C=S) groups is 1.